The van der Waals surface area contributed by atoms with Gasteiger partial charge >= 0.3 is 0 Å². The lowest BCUT2D eigenvalue weighted by Gasteiger charge is -2.12. The zero-order valence-corrected chi connectivity index (χ0v) is 11.2. The number of nitrogens with one attached hydrogen (secondary N) is 1. The molecule has 88 valence electrons. The van der Waals surface area contributed by atoms with E-state index in [1.54, 1.807) is 12.1 Å². The largest absolute Gasteiger partial charge is 0.353 e. The van der Waals surface area contributed by atoms with Crippen molar-refractivity contribution < 1.29 is 0 Å². The van der Waals surface area contributed by atoms with Crippen LogP contribution in [0.25, 0.3) is 0 Å². The van der Waals surface area contributed by atoms with Crippen molar-refractivity contribution >= 4 is 46.2 Å². The van der Waals surface area contributed by atoms with Crippen molar-refractivity contribution in [1.82, 2.24) is 0 Å². The van der Waals surface area contributed by atoms with Crippen LogP contribution in [0.4, 0.5) is 11.4 Å². The van der Waals surface area contributed by atoms with E-state index in [9.17, 15) is 0 Å². The first kappa shape index (κ1) is 12.6. The Kier molecular flexibility index (Phi) is 4.16. The minimum Gasteiger partial charge on any atom is -0.353 e. The van der Waals surface area contributed by atoms with Crippen molar-refractivity contribution in [2.24, 2.45) is 0 Å². The Hall–Kier alpha value is -0.890. The van der Waals surface area contributed by atoms with Crippen LogP contribution in [0.5, 0.6) is 0 Å². The van der Waals surface area contributed by atoms with Gasteiger partial charge in [0.1, 0.15) is 0 Å². The van der Waals surface area contributed by atoms with E-state index in [1.807, 2.05) is 30.3 Å². The number of anilines is 2. The van der Waals surface area contributed by atoms with Crippen LogP contribution in [-0.2, 0) is 5.88 Å². The molecule has 0 fully saturated rings. The van der Waals surface area contributed by atoms with Crippen molar-refractivity contribution in [2.75, 3.05) is 5.32 Å². The molecule has 2 aromatic carbocycles. The third-order valence-electron chi connectivity index (χ3n) is 2.38. The molecule has 0 atom stereocenters. The van der Waals surface area contributed by atoms with Gasteiger partial charge in [-0.15, -0.1) is 11.6 Å². The summed E-state index contributed by atoms with van der Waals surface area (Å²) < 4.78 is 0. The van der Waals surface area contributed by atoms with E-state index in [0.29, 0.717) is 21.6 Å². The Morgan fingerprint density at radius 3 is 2.18 bits per heavy atom. The molecule has 0 saturated carbocycles. The number of benzene rings is 2. The van der Waals surface area contributed by atoms with E-state index in [-0.39, 0.29) is 0 Å². The molecule has 0 amide bonds. The fourth-order valence-electron chi connectivity index (χ4n) is 1.51. The van der Waals surface area contributed by atoms with E-state index in [1.165, 1.54) is 0 Å². The van der Waals surface area contributed by atoms with Gasteiger partial charge in [0.15, 0.2) is 0 Å². The van der Waals surface area contributed by atoms with Crippen LogP contribution in [-0.4, -0.2) is 0 Å². The van der Waals surface area contributed by atoms with Gasteiger partial charge in [0.25, 0.3) is 0 Å². The molecule has 4 heteroatoms. The normalized spacial score (nSPS) is 10.3. The monoisotopic (exact) mass is 285 g/mol. The molecule has 0 bridgehead atoms. The summed E-state index contributed by atoms with van der Waals surface area (Å²) in [5, 5.41) is 4.38. The summed E-state index contributed by atoms with van der Waals surface area (Å²) >= 11 is 18.1. The van der Waals surface area contributed by atoms with Gasteiger partial charge in [-0.3, -0.25) is 0 Å². The summed E-state index contributed by atoms with van der Waals surface area (Å²) in [7, 11) is 0. The van der Waals surface area contributed by atoms with E-state index in [2.05, 4.69) is 5.32 Å². The van der Waals surface area contributed by atoms with Crippen LogP contribution < -0.4 is 5.32 Å². The topological polar surface area (TPSA) is 12.0 Å². The molecule has 0 aromatic heterocycles. The van der Waals surface area contributed by atoms with Crippen molar-refractivity contribution in [3.05, 3.63) is 58.1 Å². The van der Waals surface area contributed by atoms with E-state index in [4.69, 9.17) is 34.8 Å². The molecule has 0 aliphatic rings. The fraction of sp³-hybridized carbons (Fsp3) is 0.0769. The van der Waals surface area contributed by atoms with Crippen LogP contribution in [0.2, 0.25) is 10.0 Å². The van der Waals surface area contributed by atoms with Gasteiger partial charge < -0.3 is 5.32 Å². The van der Waals surface area contributed by atoms with Crippen LogP contribution in [0.1, 0.15) is 5.56 Å². The van der Waals surface area contributed by atoms with Gasteiger partial charge in [0.05, 0.1) is 15.7 Å². The Morgan fingerprint density at radius 1 is 0.882 bits per heavy atom. The molecule has 0 radical (unpaired) electrons. The summed E-state index contributed by atoms with van der Waals surface area (Å²) in [6, 6.07) is 13.2. The van der Waals surface area contributed by atoms with E-state index < -0.39 is 0 Å². The summed E-state index contributed by atoms with van der Waals surface area (Å²) in [4.78, 5) is 0. The van der Waals surface area contributed by atoms with Crippen molar-refractivity contribution in [1.29, 1.82) is 0 Å². The highest BCUT2D eigenvalue weighted by Crippen LogP contribution is 2.33. The Bertz CT molecular complexity index is 506. The van der Waals surface area contributed by atoms with Gasteiger partial charge in [-0.25, -0.2) is 0 Å². The number of alkyl halides is 1. The number of rotatable bonds is 3. The first-order valence-corrected chi connectivity index (χ1v) is 6.36. The molecule has 2 aromatic rings. The Morgan fingerprint density at radius 2 is 1.53 bits per heavy atom. The maximum atomic E-state index is 6.10. The molecule has 2 rings (SSSR count). The van der Waals surface area contributed by atoms with Gasteiger partial charge in [-0.1, -0.05) is 47.5 Å². The predicted molar refractivity (Wildman–Crippen MR) is 75.7 cm³/mol. The lowest BCUT2D eigenvalue weighted by Crippen LogP contribution is -1.95. The third kappa shape index (κ3) is 2.86. The van der Waals surface area contributed by atoms with Crippen LogP contribution in [0, 0.1) is 0 Å². The summed E-state index contributed by atoms with van der Waals surface area (Å²) in [5.74, 6) is 0.436. The maximum absolute atomic E-state index is 6.10. The van der Waals surface area contributed by atoms with Gasteiger partial charge in [0.2, 0.25) is 0 Å². The first-order valence-electron chi connectivity index (χ1n) is 5.07. The molecule has 0 unspecified atom stereocenters. The minimum atomic E-state index is 0.436. The predicted octanol–water partition coefficient (Wildman–Crippen LogP) is 5.48. The van der Waals surface area contributed by atoms with Gasteiger partial charge in [0, 0.05) is 11.6 Å². The van der Waals surface area contributed by atoms with E-state index >= 15 is 0 Å². The lowest BCUT2D eigenvalue weighted by molar-refractivity contribution is 1.38. The number of hydrogen-bond donors (Lipinski definition) is 1. The highest BCUT2D eigenvalue weighted by atomic mass is 35.5. The highest BCUT2D eigenvalue weighted by Gasteiger charge is 2.07. The maximum Gasteiger partial charge on any atom is 0.0763 e. The van der Waals surface area contributed by atoms with Crippen molar-refractivity contribution in [3.8, 4) is 0 Å². The number of para-hydroxylation sites is 2. The summed E-state index contributed by atoms with van der Waals surface area (Å²) in [6.07, 6.45) is 0. The van der Waals surface area contributed by atoms with Crippen molar-refractivity contribution in [2.45, 2.75) is 5.88 Å². The Labute approximate surface area is 115 Å². The smallest absolute Gasteiger partial charge is 0.0763 e. The van der Waals surface area contributed by atoms with Crippen LogP contribution in [0.15, 0.2) is 42.5 Å². The van der Waals surface area contributed by atoms with E-state index in [0.717, 1.165) is 11.3 Å². The highest BCUT2D eigenvalue weighted by molar-refractivity contribution is 6.39. The molecule has 0 saturated heterocycles. The zero-order valence-electron chi connectivity index (χ0n) is 8.88. The Balaban J connectivity index is 2.38. The van der Waals surface area contributed by atoms with Gasteiger partial charge in [-0.2, -0.15) is 0 Å². The molecule has 1 nitrogen and oxygen atoms in total. The second kappa shape index (κ2) is 5.63. The number of hydrogen-bond acceptors (Lipinski definition) is 1. The quantitative estimate of drug-likeness (QED) is 0.737. The van der Waals surface area contributed by atoms with Gasteiger partial charge in [-0.05, 0) is 23.8 Å². The lowest BCUT2D eigenvalue weighted by atomic mass is 10.2. The number of halogens is 3. The minimum absolute atomic E-state index is 0.436. The molecule has 1 N–H and O–H groups in total. The van der Waals surface area contributed by atoms with Crippen molar-refractivity contribution in [3.63, 3.8) is 0 Å². The summed E-state index contributed by atoms with van der Waals surface area (Å²) in [6.45, 7) is 0. The third-order valence-corrected chi connectivity index (χ3v) is 3.30. The SMILES string of the molecule is ClCc1ccccc1Nc1c(Cl)cccc1Cl. The molecule has 0 heterocycles. The molecule has 0 aliphatic carbocycles. The second-order valence-electron chi connectivity index (χ2n) is 3.51. The molecular formula is C13H10Cl3N. The zero-order chi connectivity index (χ0) is 12.3. The molecule has 17 heavy (non-hydrogen) atoms. The average Bonchev–Trinajstić information content (AvgIpc) is 2.34. The standard InChI is InChI=1S/C13H10Cl3N/c14-8-9-4-1-2-7-12(9)17-13-10(15)5-3-6-11(13)16/h1-7,17H,8H2. The molecular weight excluding hydrogens is 277 g/mol. The summed E-state index contributed by atoms with van der Waals surface area (Å²) in [5.41, 5.74) is 2.62. The molecule has 0 aliphatic heterocycles. The second-order valence-corrected chi connectivity index (χ2v) is 4.59. The van der Waals surface area contributed by atoms with Crippen LogP contribution in [0.3, 0.4) is 0 Å². The van der Waals surface area contributed by atoms with Crippen LogP contribution >= 0.6 is 34.8 Å². The molecule has 0 spiro atoms. The first-order chi connectivity index (χ1) is 8.22. The fourth-order valence-corrected chi connectivity index (χ4v) is 2.24. The average molecular weight is 287 g/mol.